The molecule has 0 spiro atoms. The van der Waals surface area contributed by atoms with Gasteiger partial charge in [-0.05, 0) is 36.1 Å². The van der Waals surface area contributed by atoms with Gasteiger partial charge in [0.05, 0.1) is 17.3 Å². The first kappa shape index (κ1) is 16.0. The van der Waals surface area contributed by atoms with Gasteiger partial charge in [0.25, 0.3) is 0 Å². The Morgan fingerprint density at radius 1 is 1.36 bits per heavy atom. The van der Waals surface area contributed by atoms with Crippen LogP contribution < -0.4 is 5.32 Å². The molecule has 128 valence electrons. The van der Waals surface area contributed by atoms with Crippen LogP contribution in [-0.4, -0.2) is 40.6 Å². The number of benzene rings is 1. The molecule has 4 rings (SSSR count). The zero-order chi connectivity index (χ0) is 17.2. The predicted octanol–water partition coefficient (Wildman–Crippen LogP) is 3.14. The predicted molar refractivity (Wildman–Crippen MR) is 96.6 cm³/mol. The van der Waals surface area contributed by atoms with E-state index in [2.05, 4.69) is 20.4 Å². The topological polar surface area (TPSA) is 71.3 Å². The van der Waals surface area contributed by atoms with Crippen LogP contribution in [0, 0.1) is 6.92 Å². The Labute approximate surface area is 149 Å². The van der Waals surface area contributed by atoms with Gasteiger partial charge in [0.15, 0.2) is 0 Å². The highest BCUT2D eigenvalue weighted by Gasteiger charge is 2.33. The molecule has 0 radical (unpaired) electrons. The first-order valence-electron chi connectivity index (χ1n) is 8.14. The number of amides is 1. The van der Waals surface area contributed by atoms with Crippen molar-refractivity contribution >= 4 is 22.9 Å². The fourth-order valence-electron chi connectivity index (χ4n) is 2.89. The zero-order valence-corrected chi connectivity index (χ0v) is 14.6. The highest BCUT2D eigenvalue weighted by molar-refractivity contribution is 7.13. The van der Waals surface area contributed by atoms with Crippen molar-refractivity contribution in [3.05, 3.63) is 53.2 Å². The Morgan fingerprint density at radius 2 is 2.24 bits per heavy atom. The number of nitrogens with zero attached hydrogens (tertiary/aromatic N) is 3. The average Bonchev–Trinajstić information content (AvgIpc) is 3.21. The maximum Gasteiger partial charge on any atom is 0.238 e. The second-order valence-corrected chi connectivity index (χ2v) is 7.19. The van der Waals surface area contributed by atoms with E-state index in [1.54, 1.807) is 11.3 Å². The normalized spacial score (nSPS) is 15.1. The molecule has 1 aliphatic heterocycles. The van der Waals surface area contributed by atoms with Gasteiger partial charge in [-0.1, -0.05) is 23.4 Å². The van der Waals surface area contributed by atoms with E-state index in [-0.39, 0.29) is 11.8 Å². The summed E-state index contributed by atoms with van der Waals surface area (Å²) >= 11 is 1.59. The molecule has 25 heavy (non-hydrogen) atoms. The molecule has 1 fully saturated rings. The SMILES string of the molecule is Cc1cccc(NC(=O)CN2CC(c3nc(-c4cccs4)no3)C2)c1. The van der Waals surface area contributed by atoms with Crippen LogP contribution in [0.5, 0.6) is 0 Å². The largest absolute Gasteiger partial charge is 0.339 e. The van der Waals surface area contributed by atoms with Gasteiger partial charge in [-0.25, -0.2) is 0 Å². The van der Waals surface area contributed by atoms with Crippen LogP contribution in [0.4, 0.5) is 5.69 Å². The number of anilines is 1. The summed E-state index contributed by atoms with van der Waals surface area (Å²) in [7, 11) is 0. The molecule has 0 saturated carbocycles. The maximum atomic E-state index is 12.1. The summed E-state index contributed by atoms with van der Waals surface area (Å²) in [4.78, 5) is 19.7. The van der Waals surface area contributed by atoms with Crippen LogP contribution in [0.2, 0.25) is 0 Å². The second-order valence-electron chi connectivity index (χ2n) is 6.24. The molecule has 3 aromatic rings. The molecular formula is C18H18N4O2S. The van der Waals surface area contributed by atoms with Crippen molar-refractivity contribution in [1.29, 1.82) is 0 Å². The van der Waals surface area contributed by atoms with Crippen molar-refractivity contribution in [3.8, 4) is 10.7 Å². The lowest BCUT2D eigenvalue weighted by molar-refractivity contribution is -0.118. The number of likely N-dealkylation sites (tertiary alicyclic amines) is 1. The van der Waals surface area contributed by atoms with Crippen molar-refractivity contribution < 1.29 is 9.32 Å². The second kappa shape index (κ2) is 6.78. The lowest BCUT2D eigenvalue weighted by atomic mass is 10.0. The van der Waals surface area contributed by atoms with E-state index in [9.17, 15) is 4.79 Å². The van der Waals surface area contributed by atoms with Crippen LogP contribution in [0.15, 0.2) is 46.3 Å². The van der Waals surface area contributed by atoms with Crippen LogP contribution in [0.1, 0.15) is 17.4 Å². The Hall–Kier alpha value is -2.51. The number of aryl methyl sites for hydroxylation is 1. The minimum absolute atomic E-state index is 0.00569. The van der Waals surface area contributed by atoms with Gasteiger partial charge in [0.1, 0.15) is 0 Å². The third-order valence-corrected chi connectivity index (χ3v) is 5.02. The highest BCUT2D eigenvalue weighted by atomic mass is 32.1. The number of nitrogens with one attached hydrogen (secondary N) is 1. The van der Waals surface area contributed by atoms with Gasteiger partial charge in [-0.15, -0.1) is 11.3 Å². The molecule has 0 aliphatic carbocycles. The zero-order valence-electron chi connectivity index (χ0n) is 13.8. The van der Waals surface area contributed by atoms with Gasteiger partial charge < -0.3 is 9.84 Å². The minimum Gasteiger partial charge on any atom is -0.339 e. The molecule has 7 heteroatoms. The number of aromatic nitrogens is 2. The molecule has 3 heterocycles. The van der Waals surface area contributed by atoms with E-state index >= 15 is 0 Å². The summed E-state index contributed by atoms with van der Waals surface area (Å²) in [5.74, 6) is 1.49. The summed E-state index contributed by atoms with van der Waals surface area (Å²) in [5.41, 5.74) is 1.96. The van der Waals surface area contributed by atoms with Crippen molar-refractivity contribution in [3.63, 3.8) is 0 Å². The van der Waals surface area contributed by atoms with E-state index in [4.69, 9.17) is 4.52 Å². The monoisotopic (exact) mass is 354 g/mol. The minimum atomic E-state index is -0.00569. The first-order chi connectivity index (χ1) is 12.2. The van der Waals surface area contributed by atoms with Crippen LogP contribution in [0.25, 0.3) is 10.7 Å². The van der Waals surface area contributed by atoms with E-state index in [1.165, 1.54) is 0 Å². The molecule has 1 aliphatic rings. The summed E-state index contributed by atoms with van der Waals surface area (Å²) in [6.07, 6.45) is 0. The van der Waals surface area contributed by atoms with Crippen molar-refractivity contribution in [1.82, 2.24) is 15.0 Å². The van der Waals surface area contributed by atoms with Crippen molar-refractivity contribution in [2.75, 3.05) is 25.0 Å². The molecular weight excluding hydrogens is 336 g/mol. The fourth-order valence-corrected chi connectivity index (χ4v) is 3.54. The van der Waals surface area contributed by atoms with Gasteiger partial charge in [0, 0.05) is 18.8 Å². The number of hydrogen-bond acceptors (Lipinski definition) is 6. The van der Waals surface area contributed by atoms with Crippen LogP contribution in [0.3, 0.4) is 0 Å². The quantitative estimate of drug-likeness (QED) is 0.762. The Balaban J connectivity index is 1.28. The third kappa shape index (κ3) is 3.62. The van der Waals surface area contributed by atoms with Gasteiger partial charge in [-0.3, -0.25) is 9.69 Å². The molecule has 0 bridgehead atoms. The summed E-state index contributed by atoms with van der Waals surface area (Å²) in [6.45, 7) is 3.89. The lowest BCUT2D eigenvalue weighted by Crippen LogP contribution is -2.48. The Kier molecular flexibility index (Phi) is 4.33. The number of rotatable bonds is 5. The van der Waals surface area contributed by atoms with Crippen molar-refractivity contribution in [2.24, 2.45) is 0 Å². The molecule has 1 aromatic carbocycles. The van der Waals surface area contributed by atoms with E-state index in [0.717, 1.165) is 29.2 Å². The van der Waals surface area contributed by atoms with Crippen LogP contribution >= 0.6 is 11.3 Å². The highest BCUT2D eigenvalue weighted by Crippen LogP contribution is 2.28. The smallest absolute Gasteiger partial charge is 0.238 e. The summed E-state index contributed by atoms with van der Waals surface area (Å²) < 4.78 is 5.37. The number of hydrogen-bond donors (Lipinski definition) is 1. The molecule has 1 N–H and O–H groups in total. The molecule has 0 unspecified atom stereocenters. The van der Waals surface area contributed by atoms with Gasteiger partial charge in [0.2, 0.25) is 17.6 Å². The summed E-state index contributed by atoms with van der Waals surface area (Å²) in [6, 6.07) is 11.7. The molecule has 1 amide bonds. The lowest BCUT2D eigenvalue weighted by Gasteiger charge is -2.36. The Bertz CT molecular complexity index is 869. The van der Waals surface area contributed by atoms with Gasteiger partial charge >= 0.3 is 0 Å². The Morgan fingerprint density at radius 3 is 3.00 bits per heavy atom. The third-order valence-electron chi connectivity index (χ3n) is 4.16. The maximum absolute atomic E-state index is 12.1. The van der Waals surface area contributed by atoms with Crippen LogP contribution in [-0.2, 0) is 4.79 Å². The molecule has 0 atom stereocenters. The van der Waals surface area contributed by atoms with Crippen molar-refractivity contribution in [2.45, 2.75) is 12.8 Å². The molecule has 6 nitrogen and oxygen atoms in total. The van der Waals surface area contributed by atoms with E-state index < -0.39 is 0 Å². The summed E-state index contributed by atoms with van der Waals surface area (Å²) in [5, 5.41) is 8.96. The fraction of sp³-hybridized carbons (Fsp3) is 0.278. The molecule has 1 saturated heterocycles. The number of carbonyl (C=O) groups is 1. The average molecular weight is 354 g/mol. The molecule has 2 aromatic heterocycles. The number of carbonyl (C=O) groups excluding carboxylic acids is 1. The van der Waals surface area contributed by atoms with E-state index in [1.807, 2.05) is 48.7 Å². The first-order valence-corrected chi connectivity index (χ1v) is 9.02. The van der Waals surface area contributed by atoms with Gasteiger partial charge in [-0.2, -0.15) is 4.98 Å². The standard InChI is InChI=1S/C18H18N4O2S/c1-12-4-2-5-14(8-12)19-16(23)11-22-9-13(10-22)18-20-17(21-24-18)15-6-3-7-25-15/h2-8,13H,9-11H2,1H3,(H,19,23). The van der Waals surface area contributed by atoms with E-state index in [0.29, 0.717) is 18.3 Å². The number of thiophene rings is 1.